The van der Waals surface area contributed by atoms with Crippen LogP contribution in [0.5, 0.6) is 0 Å². The lowest BCUT2D eigenvalue weighted by molar-refractivity contribution is 0.0550. The summed E-state index contributed by atoms with van der Waals surface area (Å²) in [5, 5.41) is 7.83. The molecular formula is C14H24N4O. The van der Waals surface area contributed by atoms with Crippen molar-refractivity contribution in [2.45, 2.75) is 64.1 Å². The van der Waals surface area contributed by atoms with Crippen molar-refractivity contribution in [1.29, 1.82) is 0 Å². The number of aromatic nitrogens is 2. The summed E-state index contributed by atoms with van der Waals surface area (Å²) < 4.78 is 5.07. The maximum absolute atomic E-state index is 5.07. The third-order valence-corrected chi connectivity index (χ3v) is 4.63. The zero-order valence-corrected chi connectivity index (χ0v) is 12.0. The van der Waals surface area contributed by atoms with Gasteiger partial charge in [0, 0.05) is 31.6 Å². The quantitative estimate of drug-likeness (QED) is 0.884. The lowest BCUT2D eigenvalue weighted by atomic mass is 9.79. The monoisotopic (exact) mass is 264 g/mol. The van der Waals surface area contributed by atoms with E-state index in [1.807, 2.05) is 6.92 Å². The van der Waals surface area contributed by atoms with Crippen molar-refractivity contribution in [2.75, 3.05) is 13.1 Å². The SMILES string of the molecule is Cc1nc(CN2CC3(CCCCC3)NCC2C)no1. The Morgan fingerprint density at radius 2 is 2.16 bits per heavy atom. The van der Waals surface area contributed by atoms with Gasteiger partial charge in [0.25, 0.3) is 0 Å². The first kappa shape index (κ1) is 13.1. The minimum absolute atomic E-state index is 0.337. The van der Waals surface area contributed by atoms with Gasteiger partial charge < -0.3 is 9.84 Å². The van der Waals surface area contributed by atoms with Crippen molar-refractivity contribution in [3.05, 3.63) is 11.7 Å². The van der Waals surface area contributed by atoms with Gasteiger partial charge in [-0.1, -0.05) is 24.4 Å². The van der Waals surface area contributed by atoms with Crippen LogP contribution in [-0.4, -0.2) is 39.7 Å². The van der Waals surface area contributed by atoms with Crippen LogP contribution in [0, 0.1) is 6.92 Å². The molecule has 1 aliphatic heterocycles. The molecule has 0 bridgehead atoms. The van der Waals surface area contributed by atoms with E-state index in [1.54, 1.807) is 0 Å². The lowest BCUT2D eigenvalue weighted by Crippen LogP contribution is -2.63. The second kappa shape index (κ2) is 5.21. The summed E-state index contributed by atoms with van der Waals surface area (Å²) in [5.74, 6) is 1.47. The van der Waals surface area contributed by atoms with Crippen LogP contribution < -0.4 is 5.32 Å². The molecule has 1 aromatic rings. The van der Waals surface area contributed by atoms with Crippen LogP contribution in [0.1, 0.15) is 50.7 Å². The molecule has 0 amide bonds. The summed E-state index contributed by atoms with van der Waals surface area (Å²) in [4.78, 5) is 6.84. The topological polar surface area (TPSA) is 54.2 Å². The van der Waals surface area contributed by atoms with Crippen molar-refractivity contribution in [3.63, 3.8) is 0 Å². The fourth-order valence-electron chi connectivity index (χ4n) is 3.46. The van der Waals surface area contributed by atoms with E-state index in [2.05, 4.69) is 27.3 Å². The van der Waals surface area contributed by atoms with Gasteiger partial charge in [0.2, 0.25) is 5.89 Å². The first-order valence-corrected chi connectivity index (χ1v) is 7.45. The molecule has 2 fully saturated rings. The maximum Gasteiger partial charge on any atom is 0.223 e. The lowest BCUT2D eigenvalue weighted by Gasteiger charge is -2.48. The Labute approximate surface area is 114 Å². The average Bonchev–Trinajstić information content (AvgIpc) is 2.81. The van der Waals surface area contributed by atoms with E-state index in [1.165, 1.54) is 32.1 Å². The van der Waals surface area contributed by atoms with Crippen molar-refractivity contribution >= 4 is 0 Å². The Morgan fingerprint density at radius 1 is 1.37 bits per heavy atom. The Morgan fingerprint density at radius 3 is 2.84 bits per heavy atom. The summed E-state index contributed by atoms with van der Waals surface area (Å²) >= 11 is 0. The van der Waals surface area contributed by atoms with E-state index >= 15 is 0 Å². The Bertz CT molecular complexity index is 425. The predicted molar refractivity (Wildman–Crippen MR) is 72.7 cm³/mol. The van der Waals surface area contributed by atoms with Gasteiger partial charge in [0.1, 0.15) is 0 Å². The molecule has 1 spiro atoms. The summed E-state index contributed by atoms with van der Waals surface area (Å²) in [6, 6.07) is 0.534. The van der Waals surface area contributed by atoms with Gasteiger partial charge in [0.05, 0.1) is 6.54 Å². The van der Waals surface area contributed by atoms with Crippen LogP contribution in [0.25, 0.3) is 0 Å². The predicted octanol–water partition coefficient (Wildman–Crippen LogP) is 1.87. The van der Waals surface area contributed by atoms with Gasteiger partial charge in [-0.3, -0.25) is 4.90 Å². The van der Waals surface area contributed by atoms with Gasteiger partial charge in [-0.05, 0) is 19.8 Å². The summed E-state index contributed by atoms with van der Waals surface area (Å²) in [6.45, 7) is 7.11. The van der Waals surface area contributed by atoms with Crippen molar-refractivity contribution < 1.29 is 4.52 Å². The van der Waals surface area contributed by atoms with Crippen LogP contribution in [0.15, 0.2) is 4.52 Å². The number of hydrogen-bond acceptors (Lipinski definition) is 5. The minimum Gasteiger partial charge on any atom is -0.340 e. The fraction of sp³-hybridized carbons (Fsp3) is 0.857. The summed E-state index contributed by atoms with van der Waals surface area (Å²) in [7, 11) is 0. The van der Waals surface area contributed by atoms with Gasteiger partial charge >= 0.3 is 0 Å². The molecule has 1 saturated carbocycles. The zero-order chi connectivity index (χ0) is 13.3. The number of rotatable bonds is 2. The van der Waals surface area contributed by atoms with Crippen LogP contribution in [0.2, 0.25) is 0 Å². The number of nitrogens with zero attached hydrogens (tertiary/aromatic N) is 3. The molecule has 1 aliphatic carbocycles. The highest BCUT2D eigenvalue weighted by Crippen LogP contribution is 2.32. The third kappa shape index (κ3) is 2.82. The summed E-state index contributed by atoms with van der Waals surface area (Å²) in [5.41, 5.74) is 0.337. The van der Waals surface area contributed by atoms with Crippen molar-refractivity contribution in [1.82, 2.24) is 20.4 Å². The number of aryl methyl sites for hydroxylation is 1. The minimum atomic E-state index is 0.337. The zero-order valence-electron chi connectivity index (χ0n) is 12.0. The number of piperazine rings is 1. The second-order valence-electron chi connectivity index (χ2n) is 6.21. The van der Waals surface area contributed by atoms with Gasteiger partial charge in [-0.2, -0.15) is 4.98 Å². The molecule has 0 aromatic carbocycles. The third-order valence-electron chi connectivity index (χ3n) is 4.63. The van der Waals surface area contributed by atoms with Crippen molar-refractivity contribution in [2.24, 2.45) is 0 Å². The van der Waals surface area contributed by atoms with Crippen LogP contribution in [0.4, 0.5) is 0 Å². The highest BCUT2D eigenvalue weighted by Gasteiger charge is 2.38. The van der Waals surface area contributed by atoms with E-state index in [-0.39, 0.29) is 0 Å². The number of nitrogens with one attached hydrogen (secondary N) is 1. The molecule has 1 aromatic heterocycles. The normalized spacial score (nSPS) is 27.8. The second-order valence-corrected chi connectivity index (χ2v) is 6.21. The highest BCUT2D eigenvalue weighted by atomic mass is 16.5. The first-order chi connectivity index (χ1) is 9.17. The molecule has 2 heterocycles. The van der Waals surface area contributed by atoms with Crippen LogP contribution in [-0.2, 0) is 6.54 Å². The number of hydrogen-bond donors (Lipinski definition) is 1. The summed E-state index contributed by atoms with van der Waals surface area (Å²) in [6.07, 6.45) is 6.72. The molecule has 1 atom stereocenters. The molecule has 5 heteroatoms. The molecule has 1 saturated heterocycles. The standard InChI is InChI=1S/C14H24N4O/c1-11-8-15-14(6-4-3-5-7-14)10-18(11)9-13-16-12(2)19-17-13/h11,15H,3-10H2,1-2H3. The first-order valence-electron chi connectivity index (χ1n) is 7.45. The Balaban J connectivity index is 1.68. The van der Waals surface area contributed by atoms with Gasteiger partial charge in [-0.15, -0.1) is 0 Å². The maximum atomic E-state index is 5.07. The van der Waals surface area contributed by atoms with E-state index in [0.717, 1.165) is 25.5 Å². The molecule has 19 heavy (non-hydrogen) atoms. The molecule has 2 aliphatic rings. The van der Waals surface area contributed by atoms with E-state index in [0.29, 0.717) is 17.5 Å². The molecule has 1 N–H and O–H groups in total. The van der Waals surface area contributed by atoms with Gasteiger partial charge in [0.15, 0.2) is 5.82 Å². The van der Waals surface area contributed by atoms with Crippen LogP contribution >= 0.6 is 0 Å². The molecule has 106 valence electrons. The molecule has 5 nitrogen and oxygen atoms in total. The van der Waals surface area contributed by atoms with Crippen LogP contribution in [0.3, 0.4) is 0 Å². The molecular weight excluding hydrogens is 240 g/mol. The fourth-order valence-corrected chi connectivity index (χ4v) is 3.46. The average molecular weight is 264 g/mol. The van der Waals surface area contributed by atoms with Crippen molar-refractivity contribution in [3.8, 4) is 0 Å². The highest BCUT2D eigenvalue weighted by molar-refractivity contribution is 5.00. The van der Waals surface area contributed by atoms with Gasteiger partial charge in [-0.25, -0.2) is 0 Å². The molecule has 0 radical (unpaired) electrons. The Hall–Kier alpha value is -0.940. The Kier molecular flexibility index (Phi) is 3.58. The van der Waals surface area contributed by atoms with E-state index in [4.69, 9.17) is 4.52 Å². The smallest absolute Gasteiger partial charge is 0.223 e. The van der Waals surface area contributed by atoms with E-state index in [9.17, 15) is 0 Å². The molecule has 1 unspecified atom stereocenters. The molecule has 3 rings (SSSR count). The largest absolute Gasteiger partial charge is 0.340 e. The van der Waals surface area contributed by atoms with E-state index < -0.39 is 0 Å².